The van der Waals surface area contributed by atoms with Crippen molar-refractivity contribution in [2.75, 3.05) is 26.3 Å². The first-order valence-electron chi connectivity index (χ1n) is 8.93. The highest BCUT2D eigenvalue weighted by atomic mass is 32.2. The third-order valence-electron chi connectivity index (χ3n) is 4.56. The van der Waals surface area contributed by atoms with Gasteiger partial charge < -0.3 is 15.2 Å². The Bertz CT molecular complexity index is 793. The van der Waals surface area contributed by atoms with Gasteiger partial charge in [-0.1, -0.05) is 12.5 Å². The Labute approximate surface area is 159 Å². The summed E-state index contributed by atoms with van der Waals surface area (Å²) < 4.78 is 32.3. The molecule has 1 heterocycles. The molecule has 27 heavy (non-hydrogen) atoms. The molecule has 0 radical (unpaired) electrons. The first-order valence-corrected chi connectivity index (χ1v) is 10.4. The van der Waals surface area contributed by atoms with Crippen LogP contribution in [0.4, 0.5) is 0 Å². The van der Waals surface area contributed by atoms with E-state index in [9.17, 15) is 18.0 Å². The highest BCUT2D eigenvalue weighted by Gasteiger charge is 2.31. The van der Waals surface area contributed by atoms with Gasteiger partial charge in [-0.2, -0.15) is 4.31 Å². The van der Waals surface area contributed by atoms with E-state index in [0.717, 1.165) is 19.3 Å². The Hall–Kier alpha value is -1.97. The first kappa shape index (κ1) is 21.3. The lowest BCUT2D eigenvalue weighted by Gasteiger charge is -2.32. The monoisotopic (exact) mass is 398 g/mol. The van der Waals surface area contributed by atoms with Crippen LogP contribution in [0.3, 0.4) is 0 Å². The molecule has 0 aliphatic carbocycles. The molecule has 1 aliphatic heterocycles. The van der Waals surface area contributed by atoms with Crippen LogP contribution in [0.1, 0.15) is 42.1 Å². The highest BCUT2D eigenvalue weighted by Crippen LogP contribution is 2.26. The maximum absolute atomic E-state index is 13.0. The molecule has 0 saturated carbocycles. The number of carbonyl (C=O) groups is 2. The summed E-state index contributed by atoms with van der Waals surface area (Å²) in [6.07, 6.45) is 2.67. The zero-order valence-electron chi connectivity index (χ0n) is 15.6. The molecule has 1 aromatic rings. The van der Waals surface area contributed by atoms with Crippen molar-refractivity contribution in [3.8, 4) is 0 Å². The number of amides is 1. The lowest BCUT2D eigenvalue weighted by atomic mass is 10.1. The summed E-state index contributed by atoms with van der Waals surface area (Å²) in [4.78, 5) is 22.9. The van der Waals surface area contributed by atoms with Crippen LogP contribution in [0.15, 0.2) is 23.1 Å². The number of nitrogens with zero attached hydrogens (tertiary/aromatic N) is 1. The van der Waals surface area contributed by atoms with Crippen LogP contribution in [-0.2, 0) is 19.6 Å². The van der Waals surface area contributed by atoms with Crippen LogP contribution >= 0.6 is 0 Å². The van der Waals surface area contributed by atoms with Gasteiger partial charge >= 0.3 is 5.97 Å². The molecule has 1 aromatic carbocycles. The molecular weight excluding hydrogens is 372 g/mol. The van der Waals surface area contributed by atoms with Crippen LogP contribution in [0.5, 0.6) is 0 Å². The maximum Gasteiger partial charge on any atom is 0.329 e. The minimum absolute atomic E-state index is 0.0559. The van der Waals surface area contributed by atoms with Gasteiger partial charge in [-0.25, -0.2) is 13.2 Å². The number of hydrogen-bond donors (Lipinski definition) is 2. The fourth-order valence-electron chi connectivity index (χ4n) is 3.06. The van der Waals surface area contributed by atoms with Crippen molar-refractivity contribution in [1.29, 1.82) is 0 Å². The van der Waals surface area contributed by atoms with E-state index >= 15 is 0 Å². The van der Waals surface area contributed by atoms with Gasteiger partial charge in [-0.05, 0) is 44.4 Å². The molecule has 1 atom stereocenters. The predicted molar refractivity (Wildman–Crippen MR) is 99.2 cm³/mol. The lowest BCUT2D eigenvalue weighted by Crippen LogP contribution is -2.42. The molecule has 1 aliphatic rings. The standard InChI is InChI=1S/C18H26N2O6S/c1-13-6-7-15(27(24,25)20-9-4-3-5-14(20)2)11-16(13)18(23)19-8-10-26-12-17(21)22/h6-7,11,14H,3-5,8-10,12H2,1-2H3,(H,19,23)(H,21,22). The number of aliphatic carboxylic acids is 1. The second-order valence-electron chi connectivity index (χ2n) is 6.64. The third-order valence-corrected chi connectivity index (χ3v) is 6.57. The average molecular weight is 398 g/mol. The summed E-state index contributed by atoms with van der Waals surface area (Å²) in [5.41, 5.74) is 0.934. The Morgan fingerprint density at radius 1 is 1.33 bits per heavy atom. The van der Waals surface area contributed by atoms with Crippen molar-refractivity contribution in [3.05, 3.63) is 29.3 Å². The number of benzene rings is 1. The Balaban J connectivity index is 2.10. The van der Waals surface area contributed by atoms with Gasteiger partial charge in [-0.15, -0.1) is 0 Å². The van der Waals surface area contributed by atoms with Gasteiger partial charge in [0.2, 0.25) is 10.0 Å². The first-order chi connectivity index (χ1) is 12.7. The molecule has 150 valence electrons. The average Bonchev–Trinajstić information content (AvgIpc) is 2.61. The van der Waals surface area contributed by atoms with Gasteiger partial charge in [0, 0.05) is 24.7 Å². The number of carboxylic acid groups (broad SMARTS) is 1. The normalized spacial score (nSPS) is 18.2. The van der Waals surface area contributed by atoms with E-state index in [2.05, 4.69) is 5.32 Å². The van der Waals surface area contributed by atoms with E-state index in [1.165, 1.54) is 16.4 Å². The number of rotatable bonds is 8. The molecule has 8 nitrogen and oxygen atoms in total. The molecule has 1 fully saturated rings. The molecule has 1 saturated heterocycles. The molecule has 0 aromatic heterocycles. The van der Waals surface area contributed by atoms with Gasteiger partial charge in [0.25, 0.3) is 5.91 Å². The fraction of sp³-hybridized carbons (Fsp3) is 0.556. The fourth-order valence-corrected chi connectivity index (χ4v) is 4.79. The molecule has 2 N–H and O–H groups in total. The summed E-state index contributed by atoms with van der Waals surface area (Å²) in [5.74, 6) is -1.50. The molecule has 0 spiro atoms. The quantitative estimate of drug-likeness (QED) is 0.640. The van der Waals surface area contributed by atoms with E-state index in [0.29, 0.717) is 12.1 Å². The summed E-state index contributed by atoms with van der Waals surface area (Å²) in [6.45, 7) is 3.87. The van der Waals surface area contributed by atoms with Crippen LogP contribution in [0.25, 0.3) is 0 Å². The summed E-state index contributed by atoms with van der Waals surface area (Å²) >= 11 is 0. The number of piperidine rings is 1. The number of carboxylic acids is 1. The van der Waals surface area contributed by atoms with Crippen molar-refractivity contribution in [2.24, 2.45) is 0 Å². The van der Waals surface area contributed by atoms with E-state index in [-0.39, 0.29) is 29.7 Å². The van der Waals surface area contributed by atoms with Crippen LogP contribution in [0, 0.1) is 6.92 Å². The van der Waals surface area contributed by atoms with Crippen molar-refractivity contribution in [2.45, 2.75) is 44.0 Å². The SMILES string of the molecule is Cc1ccc(S(=O)(=O)N2CCCCC2C)cc1C(=O)NCCOCC(=O)O. The lowest BCUT2D eigenvalue weighted by molar-refractivity contribution is -0.142. The topological polar surface area (TPSA) is 113 Å². The summed E-state index contributed by atoms with van der Waals surface area (Å²) in [7, 11) is -3.66. The minimum Gasteiger partial charge on any atom is -0.480 e. The number of carbonyl (C=O) groups excluding carboxylic acids is 1. The second-order valence-corrected chi connectivity index (χ2v) is 8.53. The van der Waals surface area contributed by atoms with Crippen molar-refractivity contribution in [1.82, 2.24) is 9.62 Å². The zero-order chi connectivity index (χ0) is 20.0. The molecule has 1 unspecified atom stereocenters. The van der Waals surface area contributed by atoms with E-state index in [1.807, 2.05) is 6.92 Å². The van der Waals surface area contributed by atoms with Gasteiger partial charge in [0.1, 0.15) is 6.61 Å². The zero-order valence-corrected chi connectivity index (χ0v) is 16.4. The van der Waals surface area contributed by atoms with Crippen molar-refractivity contribution in [3.63, 3.8) is 0 Å². The maximum atomic E-state index is 13.0. The highest BCUT2D eigenvalue weighted by molar-refractivity contribution is 7.89. The predicted octanol–water partition coefficient (Wildman–Crippen LogP) is 1.39. The van der Waals surface area contributed by atoms with E-state index in [1.54, 1.807) is 13.0 Å². The number of hydrogen-bond acceptors (Lipinski definition) is 5. The minimum atomic E-state index is -3.66. The second kappa shape index (κ2) is 9.29. The summed E-state index contributed by atoms with van der Waals surface area (Å²) in [6, 6.07) is 4.49. The smallest absolute Gasteiger partial charge is 0.329 e. The Morgan fingerprint density at radius 3 is 2.74 bits per heavy atom. The van der Waals surface area contributed by atoms with Crippen LogP contribution in [0.2, 0.25) is 0 Å². The van der Waals surface area contributed by atoms with E-state index < -0.39 is 28.5 Å². The van der Waals surface area contributed by atoms with Gasteiger partial charge in [0.15, 0.2) is 0 Å². The van der Waals surface area contributed by atoms with Gasteiger partial charge in [-0.3, -0.25) is 4.79 Å². The van der Waals surface area contributed by atoms with Crippen molar-refractivity contribution < 1.29 is 27.9 Å². The number of aryl methyl sites for hydroxylation is 1. The molecule has 9 heteroatoms. The van der Waals surface area contributed by atoms with Crippen molar-refractivity contribution >= 4 is 21.9 Å². The molecular formula is C18H26N2O6S. The molecule has 2 rings (SSSR count). The molecule has 1 amide bonds. The summed E-state index contributed by atoms with van der Waals surface area (Å²) in [5, 5.41) is 11.1. The Morgan fingerprint density at radius 2 is 2.07 bits per heavy atom. The van der Waals surface area contributed by atoms with Crippen LogP contribution < -0.4 is 5.32 Å². The number of nitrogens with one attached hydrogen (secondary N) is 1. The largest absolute Gasteiger partial charge is 0.480 e. The van der Waals surface area contributed by atoms with Gasteiger partial charge in [0.05, 0.1) is 11.5 Å². The third kappa shape index (κ3) is 5.50. The van der Waals surface area contributed by atoms with E-state index in [4.69, 9.17) is 9.84 Å². The Kier molecular flexibility index (Phi) is 7.34. The molecule has 0 bridgehead atoms. The number of sulfonamides is 1. The van der Waals surface area contributed by atoms with Crippen LogP contribution in [-0.4, -0.2) is 62.1 Å². The number of ether oxygens (including phenoxy) is 1.